The van der Waals surface area contributed by atoms with Gasteiger partial charge in [-0.3, -0.25) is 10.1 Å². The van der Waals surface area contributed by atoms with Crippen LogP contribution in [0.2, 0.25) is 0 Å². The van der Waals surface area contributed by atoms with Crippen molar-refractivity contribution in [1.29, 1.82) is 0 Å². The van der Waals surface area contributed by atoms with Gasteiger partial charge < -0.3 is 14.6 Å². The van der Waals surface area contributed by atoms with Crippen LogP contribution in [-0.4, -0.2) is 17.1 Å². The van der Waals surface area contributed by atoms with E-state index in [1.165, 1.54) is 18.2 Å². The fourth-order valence-electron chi connectivity index (χ4n) is 1.71. The molecule has 0 aliphatic rings. The molecule has 2 aromatic rings. The zero-order valence-corrected chi connectivity index (χ0v) is 10.8. The Balaban J connectivity index is 2.22. The molecule has 0 atom stereocenters. The van der Waals surface area contributed by atoms with E-state index in [2.05, 4.69) is 0 Å². The molecule has 0 aliphatic heterocycles. The zero-order chi connectivity index (χ0) is 14.5. The minimum Gasteiger partial charge on any atom is -0.497 e. The van der Waals surface area contributed by atoms with Gasteiger partial charge in [-0.25, -0.2) is 0 Å². The van der Waals surface area contributed by atoms with Crippen LogP contribution in [-0.2, 0) is 6.61 Å². The molecule has 0 heterocycles. The van der Waals surface area contributed by atoms with E-state index in [9.17, 15) is 10.1 Å². The molecule has 0 fully saturated rings. The monoisotopic (exact) mass is 275 g/mol. The summed E-state index contributed by atoms with van der Waals surface area (Å²) in [5.41, 5.74) is 0.0793. The minimum absolute atomic E-state index is 0.130. The maximum absolute atomic E-state index is 10.8. The summed E-state index contributed by atoms with van der Waals surface area (Å²) in [6, 6.07) is 11.2. The van der Waals surface area contributed by atoms with Crippen LogP contribution >= 0.6 is 0 Å². The Morgan fingerprint density at radius 2 is 1.70 bits per heavy atom. The number of methoxy groups -OCH3 is 1. The van der Waals surface area contributed by atoms with E-state index in [0.29, 0.717) is 17.2 Å². The number of ether oxygens (including phenoxy) is 2. The first-order chi connectivity index (χ1) is 9.63. The van der Waals surface area contributed by atoms with Gasteiger partial charge in [0.1, 0.15) is 17.2 Å². The summed E-state index contributed by atoms with van der Waals surface area (Å²) in [5.74, 6) is 1.70. The predicted octanol–water partition coefficient (Wildman–Crippen LogP) is 2.89. The van der Waals surface area contributed by atoms with Crippen molar-refractivity contribution < 1.29 is 19.5 Å². The third kappa shape index (κ3) is 3.04. The van der Waals surface area contributed by atoms with Crippen LogP contribution in [0.15, 0.2) is 42.5 Å². The average molecular weight is 275 g/mol. The summed E-state index contributed by atoms with van der Waals surface area (Å²) in [4.78, 5) is 10.2. The zero-order valence-electron chi connectivity index (χ0n) is 10.8. The Bertz CT molecular complexity index is 609. The highest BCUT2D eigenvalue weighted by molar-refractivity contribution is 5.46. The highest BCUT2D eigenvalue weighted by Crippen LogP contribution is 2.28. The largest absolute Gasteiger partial charge is 0.497 e. The van der Waals surface area contributed by atoms with Crippen molar-refractivity contribution >= 4 is 5.69 Å². The Labute approximate surface area is 115 Å². The molecule has 0 saturated heterocycles. The molecule has 0 spiro atoms. The Kier molecular flexibility index (Phi) is 4.17. The molecule has 2 aromatic carbocycles. The molecule has 0 radical (unpaired) electrons. The van der Waals surface area contributed by atoms with Crippen molar-refractivity contribution in [2.75, 3.05) is 7.11 Å². The molecule has 104 valence electrons. The number of aliphatic hydroxyl groups excluding tert-OH is 1. The molecule has 2 rings (SSSR count). The highest BCUT2D eigenvalue weighted by atomic mass is 16.6. The second kappa shape index (κ2) is 6.03. The van der Waals surface area contributed by atoms with E-state index in [0.717, 1.165) is 0 Å². The number of rotatable bonds is 5. The molecular formula is C14H13NO5. The lowest BCUT2D eigenvalue weighted by Crippen LogP contribution is -1.96. The van der Waals surface area contributed by atoms with Crippen LogP contribution < -0.4 is 9.47 Å². The van der Waals surface area contributed by atoms with Crippen molar-refractivity contribution in [3.05, 3.63) is 58.1 Å². The predicted molar refractivity (Wildman–Crippen MR) is 72.1 cm³/mol. The molecule has 6 nitrogen and oxygen atoms in total. The number of nitro benzene ring substituents is 1. The lowest BCUT2D eigenvalue weighted by atomic mass is 10.2. The van der Waals surface area contributed by atoms with Crippen molar-refractivity contribution in [1.82, 2.24) is 0 Å². The van der Waals surface area contributed by atoms with Crippen LogP contribution in [0.3, 0.4) is 0 Å². The molecule has 0 amide bonds. The third-order valence-corrected chi connectivity index (χ3v) is 2.71. The Morgan fingerprint density at radius 3 is 2.25 bits per heavy atom. The molecule has 0 aliphatic carbocycles. The van der Waals surface area contributed by atoms with Gasteiger partial charge in [-0.1, -0.05) is 0 Å². The number of hydrogen-bond donors (Lipinski definition) is 1. The number of benzene rings is 2. The smallest absolute Gasteiger partial charge is 0.275 e. The summed E-state index contributed by atoms with van der Waals surface area (Å²) in [6.45, 7) is -0.421. The maximum atomic E-state index is 10.8. The van der Waals surface area contributed by atoms with Crippen molar-refractivity contribution in [3.8, 4) is 17.2 Å². The molecule has 0 bridgehead atoms. The van der Waals surface area contributed by atoms with E-state index in [4.69, 9.17) is 14.6 Å². The summed E-state index contributed by atoms with van der Waals surface area (Å²) >= 11 is 0. The first kappa shape index (κ1) is 13.8. The summed E-state index contributed by atoms with van der Waals surface area (Å²) in [5, 5.41) is 19.9. The molecule has 0 saturated carbocycles. The van der Waals surface area contributed by atoms with Crippen LogP contribution in [0.5, 0.6) is 17.2 Å². The maximum Gasteiger partial charge on any atom is 0.275 e. The normalized spacial score (nSPS) is 10.1. The van der Waals surface area contributed by atoms with Gasteiger partial charge in [0.25, 0.3) is 5.69 Å². The van der Waals surface area contributed by atoms with Gasteiger partial charge in [-0.15, -0.1) is 0 Å². The highest BCUT2D eigenvalue weighted by Gasteiger charge is 2.14. The van der Waals surface area contributed by atoms with E-state index in [1.54, 1.807) is 31.4 Å². The fraction of sp³-hybridized carbons (Fsp3) is 0.143. The molecular weight excluding hydrogens is 262 g/mol. The fourth-order valence-corrected chi connectivity index (χ4v) is 1.71. The van der Waals surface area contributed by atoms with Gasteiger partial charge in [0, 0.05) is 6.07 Å². The van der Waals surface area contributed by atoms with Crippen molar-refractivity contribution in [3.63, 3.8) is 0 Å². The second-order valence-electron chi connectivity index (χ2n) is 3.98. The van der Waals surface area contributed by atoms with Crippen LogP contribution in [0.4, 0.5) is 5.69 Å². The number of hydrogen-bond acceptors (Lipinski definition) is 5. The van der Waals surface area contributed by atoms with Gasteiger partial charge in [0.2, 0.25) is 0 Å². The quantitative estimate of drug-likeness (QED) is 0.670. The van der Waals surface area contributed by atoms with Crippen molar-refractivity contribution in [2.24, 2.45) is 0 Å². The number of nitro groups is 1. The topological polar surface area (TPSA) is 81.8 Å². The second-order valence-corrected chi connectivity index (χ2v) is 3.98. The van der Waals surface area contributed by atoms with Crippen LogP contribution in [0, 0.1) is 10.1 Å². The van der Waals surface area contributed by atoms with Gasteiger partial charge in [0.15, 0.2) is 0 Å². The first-order valence-electron chi connectivity index (χ1n) is 5.84. The number of nitrogens with zero attached hydrogens (tertiary/aromatic N) is 1. The van der Waals surface area contributed by atoms with E-state index in [-0.39, 0.29) is 11.3 Å². The molecule has 6 heteroatoms. The first-order valence-corrected chi connectivity index (χ1v) is 5.84. The van der Waals surface area contributed by atoms with Crippen LogP contribution in [0.25, 0.3) is 0 Å². The van der Waals surface area contributed by atoms with Gasteiger partial charge >= 0.3 is 0 Å². The van der Waals surface area contributed by atoms with E-state index >= 15 is 0 Å². The molecule has 0 aromatic heterocycles. The van der Waals surface area contributed by atoms with Crippen molar-refractivity contribution in [2.45, 2.75) is 6.61 Å². The Morgan fingerprint density at radius 1 is 1.10 bits per heavy atom. The third-order valence-electron chi connectivity index (χ3n) is 2.71. The molecule has 1 N–H and O–H groups in total. The SMILES string of the molecule is COc1ccc(Oc2ccc([N+](=O)[O-])c(CO)c2)cc1. The van der Waals surface area contributed by atoms with Gasteiger partial charge in [-0.05, 0) is 36.4 Å². The lowest BCUT2D eigenvalue weighted by molar-refractivity contribution is -0.385. The molecule has 20 heavy (non-hydrogen) atoms. The summed E-state index contributed by atoms with van der Waals surface area (Å²) in [7, 11) is 1.57. The summed E-state index contributed by atoms with van der Waals surface area (Å²) < 4.78 is 10.6. The van der Waals surface area contributed by atoms with E-state index < -0.39 is 11.5 Å². The van der Waals surface area contributed by atoms with Gasteiger partial charge in [0.05, 0.1) is 24.2 Å². The lowest BCUT2D eigenvalue weighted by Gasteiger charge is -2.08. The number of aliphatic hydroxyl groups is 1. The summed E-state index contributed by atoms with van der Waals surface area (Å²) in [6.07, 6.45) is 0. The van der Waals surface area contributed by atoms with E-state index in [1.807, 2.05) is 0 Å². The van der Waals surface area contributed by atoms with Gasteiger partial charge in [-0.2, -0.15) is 0 Å². The van der Waals surface area contributed by atoms with Crippen LogP contribution in [0.1, 0.15) is 5.56 Å². The average Bonchev–Trinajstić information content (AvgIpc) is 2.47. The standard InChI is InChI=1S/C14H13NO5/c1-19-11-2-4-12(5-3-11)20-13-6-7-14(15(17)18)10(8-13)9-16/h2-8,16H,9H2,1H3. The Hall–Kier alpha value is -2.60. The molecule has 0 unspecified atom stereocenters. The minimum atomic E-state index is -0.539.